The first-order valence-corrected chi connectivity index (χ1v) is 8.44. The van der Waals surface area contributed by atoms with Gasteiger partial charge in [-0.05, 0) is 19.4 Å². The van der Waals surface area contributed by atoms with Crippen molar-refractivity contribution >= 4 is 5.96 Å². The van der Waals surface area contributed by atoms with Crippen molar-refractivity contribution < 1.29 is 4.74 Å². The third kappa shape index (κ3) is 6.94. The second-order valence-electron chi connectivity index (χ2n) is 6.38. The maximum atomic E-state index is 5.06. The number of methoxy groups -OCH3 is 1. The smallest absolute Gasteiger partial charge is 0.191 e. The van der Waals surface area contributed by atoms with Crippen molar-refractivity contribution in [3.63, 3.8) is 0 Å². The monoisotopic (exact) mass is 313 g/mol. The zero-order valence-corrected chi connectivity index (χ0v) is 15.1. The molecular formula is C16H35N5O. The molecule has 0 aromatic rings. The highest BCUT2D eigenvalue weighted by atomic mass is 16.5. The summed E-state index contributed by atoms with van der Waals surface area (Å²) in [5, 5.41) is 6.82. The average molecular weight is 313 g/mol. The molecule has 1 unspecified atom stereocenters. The fourth-order valence-corrected chi connectivity index (χ4v) is 2.79. The van der Waals surface area contributed by atoms with Crippen LogP contribution in [0.2, 0.25) is 0 Å². The van der Waals surface area contributed by atoms with Gasteiger partial charge in [0.15, 0.2) is 5.96 Å². The van der Waals surface area contributed by atoms with Crippen LogP contribution in [0.15, 0.2) is 4.99 Å². The fraction of sp³-hybridized carbons (Fsp3) is 0.938. The first-order chi connectivity index (χ1) is 10.6. The Morgan fingerprint density at radius 1 is 1.18 bits per heavy atom. The lowest BCUT2D eigenvalue weighted by atomic mass is 10.0. The third-order valence-electron chi connectivity index (χ3n) is 4.30. The minimum absolute atomic E-state index is 0.547. The molecule has 0 aromatic carbocycles. The molecule has 1 aliphatic rings. The summed E-state index contributed by atoms with van der Waals surface area (Å²) in [6.45, 7) is 11.8. The molecule has 130 valence electrons. The van der Waals surface area contributed by atoms with Gasteiger partial charge in [0.2, 0.25) is 0 Å². The zero-order chi connectivity index (χ0) is 16.4. The summed E-state index contributed by atoms with van der Waals surface area (Å²) < 4.78 is 5.06. The van der Waals surface area contributed by atoms with Crippen LogP contribution in [0.3, 0.4) is 0 Å². The van der Waals surface area contributed by atoms with Crippen molar-refractivity contribution in [1.82, 2.24) is 20.4 Å². The molecule has 1 rings (SSSR count). The number of guanidine groups is 1. The van der Waals surface area contributed by atoms with Gasteiger partial charge in [-0.2, -0.15) is 0 Å². The Bertz CT molecular complexity index is 314. The summed E-state index contributed by atoms with van der Waals surface area (Å²) in [7, 11) is 5.76. The maximum Gasteiger partial charge on any atom is 0.191 e. The molecule has 0 bridgehead atoms. The van der Waals surface area contributed by atoms with Gasteiger partial charge in [0, 0.05) is 66.1 Å². The van der Waals surface area contributed by atoms with E-state index in [1.807, 2.05) is 7.05 Å². The quantitative estimate of drug-likeness (QED) is 0.387. The normalized spacial score (nSPS) is 19.5. The molecule has 22 heavy (non-hydrogen) atoms. The summed E-state index contributed by atoms with van der Waals surface area (Å²) in [5.41, 5.74) is 0. The highest BCUT2D eigenvalue weighted by molar-refractivity contribution is 5.79. The molecule has 0 saturated carbocycles. The predicted molar refractivity (Wildman–Crippen MR) is 93.6 cm³/mol. The van der Waals surface area contributed by atoms with E-state index in [-0.39, 0.29) is 0 Å². The number of likely N-dealkylation sites (N-methyl/N-ethyl adjacent to an activating group) is 1. The predicted octanol–water partition coefficient (Wildman–Crippen LogP) is 0.460. The average Bonchev–Trinajstić information content (AvgIpc) is 2.51. The molecule has 1 heterocycles. The molecule has 0 amide bonds. The van der Waals surface area contributed by atoms with E-state index in [0.717, 1.165) is 58.3 Å². The number of nitrogens with one attached hydrogen (secondary N) is 2. The number of piperazine rings is 1. The van der Waals surface area contributed by atoms with Crippen molar-refractivity contribution in [2.45, 2.75) is 26.3 Å². The molecule has 6 heteroatoms. The van der Waals surface area contributed by atoms with E-state index in [1.54, 1.807) is 7.11 Å². The minimum atomic E-state index is 0.547. The highest BCUT2D eigenvalue weighted by Gasteiger charge is 2.24. The van der Waals surface area contributed by atoms with Gasteiger partial charge in [-0.15, -0.1) is 0 Å². The maximum absolute atomic E-state index is 5.06. The third-order valence-corrected chi connectivity index (χ3v) is 4.30. The summed E-state index contributed by atoms with van der Waals surface area (Å²) in [5.74, 6) is 1.51. The Kier molecular flexibility index (Phi) is 9.43. The zero-order valence-electron chi connectivity index (χ0n) is 15.1. The molecule has 6 nitrogen and oxygen atoms in total. The molecule has 0 aromatic heterocycles. The highest BCUT2D eigenvalue weighted by Crippen LogP contribution is 2.12. The van der Waals surface area contributed by atoms with Crippen LogP contribution in [-0.2, 0) is 4.74 Å². The Balaban J connectivity index is 2.39. The molecule has 1 fully saturated rings. The molecule has 2 N–H and O–H groups in total. The SMILES string of the molecule is CN=C(NCCCOC)NCC(C(C)C)N1CCN(C)CC1. The lowest BCUT2D eigenvalue weighted by Gasteiger charge is -2.40. The topological polar surface area (TPSA) is 52.1 Å². The van der Waals surface area contributed by atoms with Gasteiger partial charge < -0.3 is 20.3 Å². The van der Waals surface area contributed by atoms with Gasteiger partial charge in [0.05, 0.1) is 0 Å². The largest absolute Gasteiger partial charge is 0.385 e. The first kappa shape index (κ1) is 19.2. The van der Waals surface area contributed by atoms with Gasteiger partial charge in [-0.3, -0.25) is 9.89 Å². The number of ether oxygens (including phenoxy) is 1. The van der Waals surface area contributed by atoms with Gasteiger partial charge in [0.1, 0.15) is 0 Å². The van der Waals surface area contributed by atoms with Gasteiger partial charge in [-0.1, -0.05) is 13.8 Å². The van der Waals surface area contributed by atoms with E-state index >= 15 is 0 Å². The molecule has 1 saturated heterocycles. The minimum Gasteiger partial charge on any atom is -0.385 e. The first-order valence-electron chi connectivity index (χ1n) is 8.44. The second kappa shape index (κ2) is 10.8. The Morgan fingerprint density at radius 3 is 2.41 bits per heavy atom. The summed E-state index contributed by atoms with van der Waals surface area (Å²) >= 11 is 0. The second-order valence-corrected chi connectivity index (χ2v) is 6.38. The van der Waals surface area contributed by atoms with E-state index in [2.05, 4.69) is 46.3 Å². The van der Waals surface area contributed by atoms with Crippen LogP contribution in [0.4, 0.5) is 0 Å². The van der Waals surface area contributed by atoms with Crippen LogP contribution in [0.5, 0.6) is 0 Å². The Morgan fingerprint density at radius 2 is 1.86 bits per heavy atom. The van der Waals surface area contributed by atoms with Crippen molar-refractivity contribution in [2.24, 2.45) is 10.9 Å². The van der Waals surface area contributed by atoms with E-state index in [4.69, 9.17) is 4.74 Å². The molecular weight excluding hydrogens is 278 g/mol. The standard InChI is InChI=1S/C16H35N5O/c1-14(2)15(21-10-8-20(4)9-11-21)13-19-16(17-3)18-7-6-12-22-5/h14-15H,6-13H2,1-5H3,(H2,17,18,19). The van der Waals surface area contributed by atoms with Gasteiger partial charge >= 0.3 is 0 Å². The van der Waals surface area contributed by atoms with Crippen molar-refractivity contribution in [2.75, 3.05) is 67.1 Å². The van der Waals surface area contributed by atoms with Crippen LogP contribution in [0, 0.1) is 5.92 Å². The van der Waals surface area contributed by atoms with Crippen LogP contribution in [-0.4, -0.2) is 88.9 Å². The number of aliphatic imine (C=N–C) groups is 1. The van der Waals surface area contributed by atoms with Gasteiger partial charge in [-0.25, -0.2) is 0 Å². The summed E-state index contributed by atoms with van der Waals surface area (Å²) in [6, 6.07) is 0.547. The van der Waals surface area contributed by atoms with Gasteiger partial charge in [0.25, 0.3) is 0 Å². The molecule has 0 aliphatic carbocycles. The van der Waals surface area contributed by atoms with E-state index < -0.39 is 0 Å². The van der Waals surface area contributed by atoms with Crippen LogP contribution in [0.1, 0.15) is 20.3 Å². The number of hydrogen-bond donors (Lipinski definition) is 2. The summed E-state index contributed by atoms with van der Waals surface area (Å²) in [6.07, 6.45) is 0.989. The lowest BCUT2D eigenvalue weighted by molar-refractivity contribution is 0.0900. The van der Waals surface area contributed by atoms with E-state index in [9.17, 15) is 0 Å². The van der Waals surface area contributed by atoms with Crippen molar-refractivity contribution in [3.8, 4) is 0 Å². The van der Waals surface area contributed by atoms with E-state index in [0.29, 0.717) is 12.0 Å². The van der Waals surface area contributed by atoms with Crippen molar-refractivity contribution in [3.05, 3.63) is 0 Å². The molecule has 1 aliphatic heterocycles. The number of rotatable bonds is 8. The number of nitrogens with zero attached hydrogens (tertiary/aromatic N) is 3. The lowest BCUT2D eigenvalue weighted by Crippen LogP contribution is -2.55. The number of hydrogen-bond acceptors (Lipinski definition) is 4. The summed E-state index contributed by atoms with van der Waals surface area (Å²) in [4.78, 5) is 9.31. The Labute approximate surface area is 136 Å². The Hall–Kier alpha value is -0.850. The van der Waals surface area contributed by atoms with Crippen molar-refractivity contribution in [1.29, 1.82) is 0 Å². The van der Waals surface area contributed by atoms with Crippen LogP contribution < -0.4 is 10.6 Å². The fourth-order valence-electron chi connectivity index (χ4n) is 2.79. The molecule has 0 radical (unpaired) electrons. The van der Waals surface area contributed by atoms with Crippen LogP contribution >= 0.6 is 0 Å². The van der Waals surface area contributed by atoms with E-state index in [1.165, 1.54) is 0 Å². The van der Waals surface area contributed by atoms with Crippen LogP contribution in [0.25, 0.3) is 0 Å². The molecule has 0 spiro atoms. The molecule has 1 atom stereocenters.